The minimum atomic E-state index is -0.878. The van der Waals surface area contributed by atoms with E-state index in [1.54, 1.807) is 19.1 Å². The zero-order valence-corrected chi connectivity index (χ0v) is 7.66. The minimum Gasteiger partial charge on any atom is -0.508 e. The molecule has 0 radical (unpaired) electrons. The third-order valence-electron chi connectivity index (χ3n) is 2.13. The molecule has 0 aromatic heterocycles. The molecule has 0 aliphatic rings. The molecule has 13 heavy (non-hydrogen) atoms. The molecule has 70 valence electrons. The average Bonchev–Trinajstić information content (AvgIpc) is 2.05. The topological polar surface area (TPSA) is 57.5 Å². The van der Waals surface area contributed by atoms with Gasteiger partial charge in [-0.05, 0) is 36.6 Å². The zero-order valence-electron chi connectivity index (χ0n) is 7.66. The SMILES string of the molecule is Cc1ccc(O)c(C)c1CC(=O)O. The highest BCUT2D eigenvalue weighted by molar-refractivity contribution is 5.71. The summed E-state index contributed by atoms with van der Waals surface area (Å²) in [6.07, 6.45) is -0.0356. The number of aliphatic carboxylic acids is 1. The van der Waals surface area contributed by atoms with Crippen molar-refractivity contribution < 1.29 is 15.0 Å². The molecule has 1 rings (SSSR count). The quantitative estimate of drug-likeness (QED) is 0.727. The fraction of sp³-hybridized carbons (Fsp3) is 0.300. The van der Waals surface area contributed by atoms with E-state index in [2.05, 4.69) is 0 Å². The maximum atomic E-state index is 10.5. The van der Waals surface area contributed by atoms with Gasteiger partial charge in [-0.3, -0.25) is 4.79 Å². The smallest absolute Gasteiger partial charge is 0.307 e. The van der Waals surface area contributed by atoms with Gasteiger partial charge in [-0.2, -0.15) is 0 Å². The van der Waals surface area contributed by atoms with Gasteiger partial charge in [0.05, 0.1) is 6.42 Å². The molecule has 3 nitrogen and oxygen atoms in total. The monoisotopic (exact) mass is 180 g/mol. The number of rotatable bonds is 2. The molecular weight excluding hydrogens is 168 g/mol. The molecule has 0 amide bonds. The van der Waals surface area contributed by atoms with Gasteiger partial charge in [0.15, 0.2) is 0 Å². The fourth-order valence-corrected chi connectivity index (χ4v) is 1.30. The van der Waals surface area contributed by atoms with E-state index in [-0.39, 0.29) is 12.2 Å². The minimum absolute atomic E-state index is 0.0356. The Morgan fingerprint density at radius 1 is 1.38 bits per heavy atom. The summed E-state index contributed by atoms with van der Waals surface area (Å²) < 4.78 is 0. The highest BCUT2D eigenvalue weighted by Crippen LogP contribution is 2.23. The molecule has 0 aliphatic heterocycles. The Hall–Kier alpha value is -1.51. The van der Waals surface area contributed by atoms with E-state index in [9.17, 15) is 9.90 Å². The molecule has 0 unspecified atom stereocenters. The fourth-order valence-electron chi connectivity index (χ4n) is 1.30. The third kappa shape index (κ3) is 1.99. The maximum Gasteiger partial charge on any atom is 0.307 e. The molecule has 2 N–H and O–H groups in total. The van der Waals surface area contributed by atoms with Crippen LogP contribution in [-0.4, -0.2) is 16.2 Å². The Kier molecular flexibility index (Phi) is 2.56. The van der Waals surface area contributed by atoms with Crippen LogP contribution in [0.2, 0.25) is 0 Å². The zero-order chi connectivity index (χ0) is 10.0. The van der Waals surface area contributed by atoms with Crippen molar-refractivity contribution in [2.75, 3.05) is 0 Å². The van der Waals surface area contributed by atoms with Crippen LogP contribution < -0.4 is 0 Å². The number of aryl methyl sites for hydroxylation is 1. The van der Waals surface area contributed by atoms with Crippen LogP contribution in [0.25, 0.3) is 0 Å². The highest BCUT2D eigenvalue weighted by atomic mass is 16.4. The second-order valence-electron chi connectivity index (χ2n) is 3.08. The Balaban J connectivity index is 3.17. The van der Waals surface area contributed by atoms with Crippen LogP contribution in [0.4, 0.5) is 0 Å². The van der Waals surface area contributed by atoms with Gasteiger partial charge in [-0.15, -0.1) is 0 Å². The van der Waals surface area contributed by atoms with Crippen molar-refractivity contribution in [2.24, 2.45) is 0 Å². The van der Waals surface area contributed by atoms with E-state index in [4.69, 9.17) is 5.11 Å². The number of carboxylic acid groups (broad SMARTS) is 1. The lowest BCUT2D eigenvalue weighted by molar-refractivity contribution is -0.136. The van der Waals surface area contributed by atoms with Crippen LogP contribution in [0.15, 0.2) is 12.1 Å². The van der Waals surface area contributed by atoms with E-state index in [1.165, 1.54) is 0 Å². The normalized spacial score (nSPS) is 10.0. The first kappa shape index (κ1) is 9.58. The molecule has 0 aliphatic carbocycles. The number of carboxylic acids is 1. The Morgan fingerprint density at radius 3 is 2.54 bits per heavy atom. The van der Waals surface area contributed by atoms with E-state index in [0.717, 1.165) is 5.56 Å². The van der Waals surface area contributed by atoms with Gasteiger partial charge >= 0.3 is 5.97 Å². The van der Waals surface area contributed by atoms with Crippen LogP contribution in [0, 0.1) is 13.8 Å². The summed E-state index contributed by atoms with van der Waals surface area (Å²) >= 11 is 0. The largest absolute Gasteiger partial charge is 0.508 e. The Bertz CT molecular complexity index is 342. The summed E-state index contributed by atoms with van der Waals surface area (Å²) in [5.74, 6) is -0.723. The van der Waals surface area contributed by atoms with Gasteiger partial charge in [0, 0.05) is 0 Å². The van der Waals surface area contributed by atoms with Gasteiger partial charge in [0.25, 0.3) is 0 Å². The van der Waals surface area contributed by atoms with Gasteiger partial charge in [-0.1, -0.05) is 6.07 Å². The number of carbonyl (C=O) groups is 1. The summed E-state index contributed by atoms with van der Waals surface area (Å²) in [5.41, 5.74) is 2.26. The Morgan fingerprint density at radius 2 is 2.00 bits per heavy atom. The first-order chi connectivity index (χ1) is 6.02. The van der Waals surface area contributed by atoms with Gasteiger partial charge in [0.2, 0.25) is 0 Å². The van der Waals surface area contributed by atoms with Crippen LogP contribution in [0.5, 0.6) is 5.75 Å². The molecule has 0 saturated carbocycles. The van der Waals surface area contributed by atoms with Crippen LogP contribution >= 0.6 is 0 Å². The second kappa shape index (κ2) is 3.47. The first-order valence-corrected chi connectivity index (χ1v) is 4.02. The van der Waals surface area contributed by atoms with Crippen molar-refractivity contribution in [3.63, 3.8) is 0 Å². The van der Waals surface area contributed by atoms with Crippen LogP contribution in [0.1, 0.15) is 16.7 Å². The third-order valence-corrected chi connectivity index (χ3v) is 2.13. The van der Waals surface area contributed by atoms with Crippen molar-refractivity contribution in [1.29, 1.82) is 0 Å². The van der Waals surface area contributed by atoms with Crippen molar-refractivity contribution in [3.8, 4) is 5.75 Å². The van der Waals surface area contributed by atoms with E-state index < -0.39 is 5.97 Å². The standard InChI is InChI=1S/C10H12O3/c1-6-3-4-9(11)7(2)8(6)5-10(12)13/h3-4,11H,5H2,1-2H3,(H,12,13). The molecule has 1 aromatic carbocycles. The number of aromatic hydroxyl groups is 1. The van der Waals surface area contributed by atoms with Crippen molar-refractivity contribution in [3.05, 3.63) is 28.8 Å². The highest BCUT2D eigenvalue weighted by Gasteiger charge is 2.09. The lowest BCUT2D eigenvalue weighted by atomic mass is 9.99. The molecular formula is C10H12O3. The summed E-state index contributed by atoms with van der Waals surface area (Å²) in [5, 5.41) is 18.0. The van der Waals surface area contributed by atoms with Crippen molar-refractivity contribution in [1.82, 2.24) is 0 Å². The van der Waals surface area contributed by atoms with E-state index in [1.807, 2.05) is 6.92 Å². The number of phenolic OH excluding ortho intramolecular Hbond substituents is 1. The van der Waals surface area contributed by atoms with E-state index in [0.29, 0.717) is 11.1 Å². The molecule has 0 atom stereocenters. The molecule has 0 spiro atoms. The van der Waals surface area contributed by atoms with Gasteiger partial charge < -0.3 is 10.2 Å². The van der Waals surface area contributed by atoms with Gasteiger partial charge in [-0.25, -0.2) is 0 Å². The molecule has 0 bridgehead atoms. The van der Waals surface area contributed by atoms with Crippen LogP contribution in [0.3, 0.4) is 0 Å². The van der Waals surface area contributed by atoms with Crippen molar-refractivity contribution in [2.45, 2.75) is 20.3 Å². The summed E-state index contributed by atoms with van der Waals surface area (Å²) in [6, 6.07) is 3.30. The summed E-state index contributed by atoms with van der Waals surface area (Å²) in [4.78, 5) is 10.5. The van der Waals surface area contributed by atoms with Crippen molar-refractivity contribution >= 4 is 5.97 Å². The first-order valence-electron chi connectivity index (χ1n) is 4.02. The number of phenols is 1. The van der Waals surface area contributed by atoms with Crippen LogP contribution in [-0.2, 0) is 11.2 Å². The molecule has 0 fully saturated rings. The summed E-state index contributed by atoms with van der Waals surface area (Å²) in [6.45, 7) is 3.56. The molecule has 1 aromatic rings. The van der Waals surface area contributed by atoms with Gasteiger partial charge in [0.1, 0.15) is 5.75 Å². The average molecular weight is 180 g/mol. The van der Waals surface area contributed by atoms with E-state index >= 15 is 0 Å². The number of benzene rings is 1. The lowest BCUT2D eigenvalue weighted by Gasteiger charge is -2.08. The number of hydrogen-bond acceptors (Lipinski definition) is 2. The Labute approximate surface area is 76.6 Å². The maximum absolute atomic E-state index is 10.5. The second-order valence-corrected chi connectivity index (χ2v) is 3.08. The predicted octanol–water partition coefficient (Wildman–Crippen LogP) is 1.64. The molecule has 3 heteroatoms. The lowest BCUT2D eigenvalue weighted by Crippen LogP contribution is -2.04. The predicted molar refractivity (Wildman–Crippen MR) is 48.9 cm³/mol. The molecule has 0 saturated heterocycles. The molecule has 0 heterocycles. The number of hydrogen-bond donors (Lipinski definition) is 2. The summed E-state index contributed by atoms with van der Waals surface area (Å²) in [7, 11) is 0.